The fraction of sp³-hybridized carbons (Fsp3) is 0.696. The van der Waals surface area contributed by atoms with Gasteiger partial charge in [0.25, 0.3) is 0 Å². The number of hydrogen-bond acceptors (Lipinski definition) is 6. The van der Waals surface area contributed by atoms with Crippen LogP contribution in [-0.4, -0.2) is 62.7 Å². The van der Waals surface area contributed by atoms with Crippen LogP contribution in [0.5, 0.6) is 17.2 Å². The number of esters is 1. The highest BCUT2D eigenvalue weighted by Crippen LogP contribution is 2.40. The molecular formula is C23H40Cl2N2O4. The van der Waals surface area contributed by atoms with Crippen molar-refractivity contribution in [2.45, 2.75) is 58.9 Å². The molecule has 0 aromatic heterocycles. The third kappa shape index (κ3) is 9.44. The van der Waals surface area contributed by atoms with Gasteiger partial charge < -0.3 is 19.1 Å². The van der Waals surface area contributed by atoms with Crippen molar-refractivity contribution in [2.75, 3.05) is 46.9 Å². The number of piperazine rings is 1. The van der Waals surface area contributed by atoms with E-state index in [1.807, 2.05) is 12.1 Å². The Labute approximate surface area is 200 Å². The number of ether oxygens (including phenoxy) is 3. The summed E-state index contributed by atoms with van der Waals surface area (Å²) in [5.74, 6) is 1.38. The van der Waals surface area contributed by atoms with Gasteiger partial charge in [0.1, 0.15) is 0 Å². The van der Waals surface area contributed by atoms with Crippen LogP contribution in [0.15, 0.2) is 12.1 Å². The first kappa shape index (κ1) is 29.8. The maximum atomic E-state index is 12.5. The standard InChI is InChI=1S/C23H38N2O4.2ClH/c1-5-7-8-9-10-11-21(26)29-22-19(12-13-20(27-3)23(22)28-4)18-25-16-14-24(6-2)15-17-25;;/h12-13H,5-11,14-18H2,1-4H3;2*1H. The number of rotatable bonds is 12. The van der Waals surface area contributed by atoms with Crippen molar-refractivity contribution in [3.8, 4) is 17.2 Å². The summed E-state index contributed by atoms with van der Waals surface area (Å²) in [5, 5.41) is 0. The molecule has 0 bridgehead atoms. The maximum Gasteiger partial charge on any atom is 0.311 e. The van der Waals surface area contributed by atoms with E-state index in [-0.39, 0.29) is 30.8 Å². The summed E-state index contributed by atoms with van der Waals surface area (Å²) >= 11 is 0. The van der Waals surface area contributed by atoms with Crippen LogP contribution in [0, 0.1) is 0 Å². The average molecular weight is 479 g/mol. The van der Waals surface area contributed by atoms with E-state index in [9.17, 15) is 4.79 Å². The van der Waals surface area contributed by atoms with Crippen molar-refractivity contribution in [1.82, 2.24) is 9.80 Å². The van der Waals surface area contributed by atoms with Crippen molar-refractivity contribution in [3.05, 3.63) is 17.7 Å². The molecule has 0 N–H and O–H groups in total. The van der Waals surface area contributed by atoms with Gasteiger partial charge in [-0.2, -0.15) is 0 Å². The summed E-state index contributed by atoms with van der Waals surface area (Å²) in [6.45, 7) is 10.4. The molecule has 2 rings (SSSR count). The Hall–Kier alpha value is -1.21. The van der Waals surface area contributed by atoms with Crippen molar-refractivity contribution >= 4 is 30.8 Å². The third-order valence-corrected chi connectivity index (χ3v) is 5.59. The van der Waals surface area contributed by atoms with Gasteiger partial charge in [-0.1, -0.05) is 45.6 Å². The summed E-state index contributed by atoms with van der Waals surface area (Å²) in [7, 11) is 3.19. The largest absolute Gasteiger partial charge is 0.493 e. The predicted molar refractivity (Wildman–Crippen MR) is 130 cm³/mol. The molecule has 1 aromatic carbocycles. The Morgan fingerprint density at radius 3 is 2.10 bits per heavy atom. The van der Waals surface area contributed by atoms with Gasteiger partial charge >= 0.3 is 5.97 Å². The lowest BCUT2D eigenvalue weighted by molar-refractivity contribution is -0.134. The molecule has 1 aromatic rings. The van der Waals surface area contributed by atoms with Crippen molar-refractivity contribution in [2.24, 2.45) is 0 Å². The van der Waals surface area contributed by atoms with Crippen molar-refractivity contribution in [3.63, 3.8) is 0 Å². The highest BCUT2D eigenvalue weighted by atomic mass is 35.5. The second kappa shape index (κ2) is 16.4. The van der Waals surface area contributed by atoms with E-state index >= 15 is 0 Å². The Morgan fingerprint density at radius 2 is 1.52 bits per heavy atom. The molecule has 8 heteroatoms. The predicted octanol–water partition coefficient (Wildman–Crippen LogP) is 4.95. The number of unbranched alkanes of at least 4 members (excludes halogenated alkanes) is 4. The molecule has 0 atom stereocenters. The highest BCUT2D eigenvalue weighted by molar-refractivity contribution is 5.85. The second-order valence-electron chi connectivity index (χ2n) is 7.64. The average Bonchev–Trinajstić information content (AvgIpc) is 2.75. The molecule has 1 fully saturated rings. The molecular weight excluding hydrogens is 439 g/mol. The molecule has 0 spiro atoms. The first-order valence-corrected chi connectivity index (χ1v) is 11.0. The Kier molecular flexibility index (Phi) is 15.8. The number of likely N-dealkylation sites (N-methyl/N-ethyl adjacent to an activating group) is 1. The van der Waals surface area contributed by atoms with Crippen LogP contribution in [0.2, 0.25) is 0 Å². The van der Waals surface area contributed by atoms with Gasteiger partial charge in [0.2, 0.25) is 5.75 Å². The Balaban J connectivity index is 0.00000450. The lowest BCUT2D eigenvalue weighted by Gasteiger charge is -2.34. The minimum absolute atomic E-state index is 0. The van der Waals surface area contributed by atoms with Gasteiger partial charge in [0.15, 0.2) is 11.5 Å². The molecule has 1 aliphatic heterocycles. The number of hydrogen-bond donors (Lipinski definition) is 0. The molecule has 1 heterocycles. The molecule has 0 unspecified atom stereocenters. The topological polar surface area (TPSA) is 51.2 Å². The number of benzene rings is 1. The zero-order chi connectivity index (χ0) is 21.1. The monoisotopic (exact) mass is 478 g/mol. The fourth-order valence-corrected chi connectivity index (χ4v) is 3.72. The molecule has 6 nitrogen and oxygen atoms in total. The van der Waals surface area contributed by atoms with Gasteiger partial charge in [0, 0.05) is 44.7 Å². The van der Waals surface area contributed by atoms with Gasteiger partial charge in [-0.3, -0.25) is 9.69 Å². The zero-order valence-electron chi connectivity index (χ0n) is 19.5. The molecule has 0 aliphatic carbocycles. The number of methoxy groups -OCH3 is 2. The van der Waals surface area contributed by atoms with Crippen LogP contribution in [0.4, 0.5) is 0 Å². The lowest BCUT2D eigenvalue weighted by atomic mass is 10.1. The van der Waals surface area contributed by atoms with Crippen molar-refractivity contribution in [1.29, 1.82) is 0 Å². The maximum absolute atomic E-state index is 12.5. The second-order valence-corrected chi connectivity index (χ2v) is 7.64. The lowest BCUT2D eigenvalue weighted by Crippen LogP contribution is -2.45. The van der Waals surface area contributed by atoms with E-state index in [0.29, 0.717) is 23.7 Å². The number of carbonyl (C=O) groups excluding carboxylic acids is 1. The van der Waals surface area contributed by atoms with Crippen molar-refractivity contribution < 1.29 is 19.0 Å². The minimum Gasteiger partial charge on any atom is -0.493 e. The van der Waals surface area contributed by atoms with Gasteiger partial charge in [0.05, 0.1) is 14.2 Å². The molecule has 31 heavy (non-hydrogen) atoms. The van der Waals surface area contributed by atoms with E-state index in [2.05, 4.69) is 23.6 Å². The SMILES string of the molecule is CCCCCCCC(=O)Oc1c(CN2CCN(CC)CC2)ccc(OC)c1OC.Cl.Cl. The smallest absolute Gasteiger partial charge is 0.311 e. The van der Waals surface area contributed by atoms with Crippen LogP contribution < -0.4 is 14.2 Å². The van der Waals surface area contributed by atoms with E-state index in [0.717, 1.165) is 57.7 Å². The van der Waals surface area contributed by atoms with E-state index in [1.165, 1.54) is 19.3 Å². The number of halogens is 2. The normalized spacial score (nSPS) is 14.3. The van der Waals surface area contributed by atoms with Crippen LogP contribution in [0.25, 0.3) is 0 Å². The Morgan fingerprint density at radius 1 is 0.871 bits per heavy atom. The first-order chi connectivity index (χ1) is 14.1. The third-order valence-electron chi connectivity index (χ3n) is 5.59. The van der Waals surface area contributed by atoms with Gasteiger partial charge in [-0.15, -0.1) is 24.8 Å². The number of nitrogens with zero attached hydrogens (tertiary/aromatic N) is 2. The summed E-state index contributed by atoms with van der Waals surface area (Å²) in [6, 6.07) is 3.87. The van der Waals surface area contributed by atoms with Crippen LogP contribution in [-0.2, 0) is 11.3 Å². The molecule has 0 amide bonds. The summed E-state index contributed by atoms with van der Waals surface area (Å²) in [6.07, 6.45) is 5.93. The van der Waals surface area contributed by atoms with E-state index in [4.69, 9.17) is 14.2 Å². The number of carbonyl (C=O) groups is 1. The van der Waals surface area contributed by atoms with Gasteiger partial charge in [-0.25, -0.2) is 0 Å². The first-order valence-electron chi connectivity index (χ1n) is 11.0. The summed E-state index contributed by atoms with van der Waals surface area (Å²) in [5.41, 5.74) is 0.965. The molecule has 0 saturated carbocycles. The van der Waals surface area contributed by atoms with E-state index in [1.54, 1.807) is 14.2 Å². The highest BCUT2D eigenvalue weighted by Gasteiger charge is 2.23. The molecule has 0 radical (unpaired) electrons. The molecule has 180 valence electrons. The fourth-order valence-electron chi connectivity index (χ4n) is 3.72. The summed E-state index contributed by atoms with van der Waals surface area (Å²) < 4.78 is 16.8. The zero-order valence-corrected chi connectivity index (χ0v) is 21.1. The minimum atomic E-state index is -0.204. The van der Waals surface area contributed by atoms with Crippen LogP contribution in [0.1, 0.15) is 57.9 Å². The molecule has 1 aliphatic rings. The summed E-state index contributed by atoms with van der Waals surface area (Å²) in [4.78, 5) is 17.3. The van der Waals surface area contributed by atoms with Crippen LogP contribution >= 0.6 is 24.8 Å². The Bertz CT molecular complexity index is 638. The van der Waals surface area contributed by atoms with Gasteiger partial charge in [-0.05, 0) is 19.0 Å². The van der Waals surface area contributed by atoms with Crippen LogP contribution in [0.3, 0.4) is 0 Å². The molecule has 1 saturated heterocycles. The van der Waals surface area contributed by atoms with E-state index < -0.39 is 0 Å². The quantitative estimate of drug-likeness (QED) is 0.240.